The number of piperidine rings is 1. The van der Waals surface area contributed by atoms with Crippen LogP contribution in [-0.2, 0) is 9.59 Å². The van der Waals surface area contributed by atoms with Gasteiger partial charge in [-0.3, -0.25) is 14.4 Å². The summed E-state index contributed by atoms with van der Waals surface area (Å²) >= 11 is 0. The lowest BCUT2D eigenvalue weighted by molar-refractivity contribution is -0.132. The average molecular weight is 464 g/mol. The van der Waals surface area contributed by atoms with Gasteiger partial charge in [0.25, 0.3) is 0 Å². The maximum absolute atomic E-state index is 12.9. The minimum atomic E-state index is -0.551. The van der Waals surface area contributed by atoms with E-state index in [-0.39, 0.29) is 11.7 Å². The average Bonchev–Trinajstić information content (AvgIpc) is 2.77. The van der Waals surface area contributed by atoms with Crippen LogP contribution in [0.1, 0.15) is 53.2 Å². The Balaban J connectivity index is 1.41. The summed E-state index contributed by atoms with van der Waals surface area (Å²) in [6, 6.07) is 9.02. The van der Waals surface area contributed by atoms with Crippen molar-refractivity contribution in [3.63, 3.8) is 0 Å². The topological polar surface area (TPSA) is 82.1 Å². The number of ketones is 1. The van der Waals surface area contributed by atoms with Crippen molar-refractivity contribution in [2.24, 2.45) is 0 Å². The van der Waals surface area contributed by atoms with Crippen LogP contribution in [0.2, 0.25) is 0 Å². The molecule has 1 amide bonds. The van der Waals surface area contributed by atoms with Crippen molar-refractivity contribution in [2.45, 2.75) is 45.6 Å². The highest BCUT2D eigenvalue weighted by atomic mass is 16.6. The molecule has 1 spiro atoms. The van der Waals surface area contributed by atoms with Crippen molar-refractivity contribution in [1.29, 1.82) is 0 Å². The van der Waals surface area contributed by atoms with Gasteiger partial charge in [0, 0.05) is 38.9 Å². The van der Waals surface area contributed by atoms with Gasteiger partial charge in [0.05, 0.1) is 19.1 Å². The number of amides is 1. The van der Waals surface area contributed by atoms with Crippen LogP contribution in [0.4, 0.5) is 0 Å². The quantitative estimate of drug-likeness (QED) is 0.383. The molecule has 34 heavy (non-hydrogen) atoms. The number of nitrogens with zero attached hydrogens (tertiary/aromatic N) is 1. The number of methoxy groups -OCH3 is 1. The molecule has 0 radical (unpaired) electrons. The van der Waals surface area contributed by atoms with E-state index in [0.29, 0.717) is 55.2 Å². The van der Waals surface area contributed by atoms with Gasteiger partial charge in [-0.15, -0.1) is 0 Å². The molecule has 0 saturated carbocycles. The fourth-order valence-electron chi connectivity index (χ4n) is 4.73. The van der Waals surface area contributed by atoms with Crippen LogP contribution in [-0.4, -0.2) is 48.4 Å². The number of hydrogen-bond acceptors (Lipinski definition) is 6. The Kier molecular flexibility index (Phi) is 6.46. The Morgan fingerprint density at radius 2 is 1.82 bits per heavy atom. The van der Waals surface area contributed by atoms with Crippen molar-refractivity contribution < 1.29 is 28.6 Å². The summed E-state index contributed by atoms with van der Waals surface area (Å²) < 4.78 is 16.8. The summed E-state index contributed by atoms with van der Waals surface area (Å²) in [5.74, 6) is 0.983. The van der Waals surface area contributed by atoms with Gasteiger partial charge in [0.1, 0.15) is 11.4 Å². The van der Waals surface area contributed by atoms with E-state index in [1.54, 1.807) is 29.2 Å². The second-order valence-corrected chi connectivity index (χ2v) is 9.00. The third-order valence-electron chi connectivity index (χ3n) is 6.38. The number of carbonyl (C=O) groups is 3. The van der Waals surface area contributed by atoms with Crippen LogP contribution < -0.4 is 14.2 Å². The highest BCUT2D eigenvalue weighted by Crippen LogP contribution is 2.41. The minimum Gasteiger partial charge on any atom is -0.493 e. The first-order valence-corrected chi connectivity index (χ1v) is 11.4. The molecule has 0 N–H and O–H groups in total. The highest BCUT2D eigenvalue weighted by Gasteiger charge is 2.44. The number of aryl methyl sites for hydroxylation is 2. The Bertz CT molecular complexity index is 1170. The Morgan fingerprint density at radius 3 is 2.50 bits per heavy atom. The summed E-state index contributed by atoms with van der Waals surface area (Å²) in [4.78, 5) is 38.7. The molecule has 0 aromatic heterocycles. The minimum absolute atomic E-state index is 0.105. The normalized spacial score (nSPS) is 16.8. The fraction of sp³-hybridized carbons (Fsp3) is 0.370. The van der Waals surface area contributed by atoms with Gasteiger partial charge in [0.2, 0.25) is 5.91 Å². The first kappa shape index (κ1) is 23.5. The van der Waals surface area contributed by atoms with Crippen molar-refractivity contribution in [3.05, 3.63) is 58.7 Å². The zero-order valence-electron chi connectivity index (χ0n) is 20.0. The second kappa shape index (κ2) is 9.33. The Labute approximate surface area is 199 Å². The van der Waals surface area contributed by atoms with Crippen molar-refractivity contribution >= 4 is 23.7 Å². The van der Waals surface area contributed by atoms with Gasteiger partial charge in [-0.25, -0.2) is 0 Å². The number of rotatable bonds is 4. The predicted octanol–water partition coefficient (Wildman–Crippen LogP) is 4.28. The monoisotopic (exact) mass is 463 g/mol. The maximum atomic E-state index is 12.9. The van der Waals surface area contributed by atoms with Gasteiger partial charge < -0.3 is 19.1 Å². The molecule has 1 fully saturated rings. The van der Waals surface area contributed by atoms with E-state index >= 15 is 0 Å². The Hall–Kier alpha value is -3.61. The standard InChI is InChI=1S/C27H29NO6/c1-17-13-18(2)26-21(30)16-27(34-24(26)14-17)9-11-28(12-10-27)25(31)8-6-20-5-7-22(33-19(3)29)23(15-20)32-4/h5-8,13-15H,9-12,16H2,1-4H3/b8-6+. The fourth-order valence-corrected chi connectivity index (χ4v) is 4.73. The Morgan fingerprint density at radius 1 is 1.09 bits per heavy atom. The predicted molar refractivity (Wildman–Crippen MR) is 127 cm³/mol. The lowest BCUT2D eigenvalue weighted by Crippen LogP contribution is -2.52. The van der Waals surface area contributed by atoms with Crippen LogP contribution in [0.25, 0.3) is 6.08 Å². The first-order chi connectivity index (χ1) is 16.2. The molecular formula is C27H29NO6. The molecule has 4 rings (SSSR count). The van der Waals surface area contributed by atoms with Crippen LogP contribution in [0, 0.1) is 13.8 Å². The molecule has 0 atom stereocenters. The van der Waals surface area contributed by atoms with Crippen LogP contribution in [0.15, 0.2) is 36.4 Å². The van der Waals surface area contributed by atoms with E-state index in [0.717, 1.165) is 16.7 Å². The number of fused-ring (bicyclic) bond motifs is 1. The third kappa shape index (κ3) is 4.83. The summed E-state index contributed by atoms with van der Waals surface area (Å²) in [6.07, 6.45) is 4.78. The number of Topliss-reactive ketones (excluding diaryl/α,β-unsaturated/α-hetero) is 1. The van der Waals surface area contributed by atoms with E-state index < -0.39 is 11.6 Å². The maximum Gasteiger partial charge on any atom is 0.308 e. The van der Waals surface area contributed by atoms with E-state index in [2.05, 4.69) is 0 Å². The van der Waals surface area contributed by atoms with Crippen LogP contribution >= 0.6 is 0 Å². The van der Waals surface area contributed by atoms with E-state index in [4.69, 9.17) is 14.2 Å². The third-order valence-corrected chi connectivity index (χ3v) is 6.38. The molecule has 0 aliphatic carbocycles. The molecule has 2 aromatic carbocycles. The number of ether oxygens (including phenoxy) is 3. The molecule has 178 valence electrons. The number of esters is 1. The lowest BCUT2D eigenvalue weighted by atomic mass is 9.81. The summed E-state index contributed by atoms with van der Waals surface area (Å²) in [7, 11) is 1.49. The van der Waals surface area contributed by atoms with E-state index in [1.165, 1.54) is 20.1 Å². The molecule has 0 unspecified atom stereocenters. The molecule has 2 aliphatic rings. The van der Waals surface area contributed by atoms with Crippen molar-refractivity contribution in [2.75, 3.05) is 20.2 Å². The molecule has 7 nitrogen and oxygen atoms in total. The molecular weight excluding hydrogens is 434 g/mol. The van der Waals surface area contributed by atoms with Gasteiger partial charge in [-0.05, 0) is 54.8 Å². The summed E-state index contributed by atoms with van der Waals surface area (Å²) in [5, 5.41) is 0. The SMILES string of the molecule is COc1cc(/C=C/C(=O)N2CCC3(CC2)CC(=O)c2c(C)cc(C)cc2O3)ccc1OC(C)=O. The van der Waals surface area contributed by atoms with E-state index in [9.17, 15) is 14.4 Å². The number of likely N-dealkylation sites (tertiary alicyclic amines) is 1. The summed E-state index contributed by atoms with van der Waals surface area (Å²) in [6.45, 7) is 6.30. The van der Waals surface area contributed by atoms with Gasteiger partial charge in [0.15, 0.2) is 17.3 Å². The van der Waals surface area contributed by atoms with Crippen molar-refractivity contribution in [3.8, 4) is 17.2 Å². The second-order valence-electron chi connectivity index (χ2n) is 9.00. The zero-order chi connectivity index (χ0) is 24.5. The highest BCUT2D eigenvalue weighted by molar-refractivity contribution is 6.02. The van der Waals surface area contributed by atoms with Gasteiger partial charge >= 0.3 is 5.97 Å². The zero-order valence-corrected chi connectivity index (χ0v) is 20.0. The number of hydrogen-bond donors (Lipinski definition) is 0. The molecule has 1 saturated heterocycles. The molecule has 2 aromatic rings. The van der Waals surface area contributed by atoms with Gasteiger partial charge in [-0.2, -0.15) is 0 Å². The van der Waals surface area contributed by atoms with Crippen molar-refractivity contribution in [1.82, 2.24) is 4.90 Å². The molecule has 0 bridgehead atoms. The number of benzene rings is 2. The first-order valence-electron chi connectivity index (χ1n) is 11.4. The van der Waals surface area contributed by atoms with Crippen LogP contribution in [0.3, 0.4) is 0 Å². The largest absolute Gasteiger partial charge is 0.493 e. The van der Waals surface area contributed by atoms with Crippen LogP contribution in [0.5, 0.6) is 17.2 Å². The molecule has 2 heterocycles. The smallest absolute Gasteiger partial charge is 0.308 e. The molecule has 2 aliphatic heterocycles. The van der Waals surface area contributed by atoms with Gasteiger partial charge in [-0.1, -0.05) is 12.1 Å². The molecule has 7 heteroatoms. The lowest BCUT2D eigenvalue weighted by Gasteiger charge is -2.44. The number of carbonyl (C=O) groups excluding carboxylic acids is 3. The summed E-state index contributed by atoms with van der Waals surface area (Å²) in [5.41, 5.74) is 2.90. The van der Waals surface area contributed by atoms with E-state index in [1.807, 2.05) is 26.0 Å².